The summed E-state index contributed by atoms with van der Waals surface area (Å²) >= 11 is 6.01. The lowest BCUT2D eigenvalue weighted by Crippen LogP contribution is -2.14. The number of alkyl halides is 2. The van der Waals surface area contributed by atoms with Gasteiger partial charge in [-0.05, 0) is 23.8 Å². The summed E-state index contributed by atoms with van der Waals surface area (Å²) in [4.78, 5) is 12.0. The van der Waals surface area contributed by atoms with Crippen LogP contribution in [0.5, 0.6) is 0 Å². The van der Waals surface area contributed by atoms with E-state index in [0.717, 1.165) is 12.3 Å². The molecule has 0 unspecified atom stereocenters. The average molecular weight is 370 g/mol. The summed E-state index contributed by atoms with van der Waals surface area (Å²) in [6.07, 6.45) is 2.45. The maximum absolute atomic E-state index is 13.2. The SMILES string of the molecule is O=C(Nc1nn(Cc2cccc(F)c2)cc1Cl)c1ccn(C(F)F)n1. The molecule has 6 nitrogen and oxygen atoms in total. The molecule has 0 spiro atoms. The van der Waals surface area contributed by atoms with Crippen LogP contribution in [0.2, 0.25) is 5.02 Å². The highest BCUT2D eigenvalue weighted by Crippen LogP contribution is 2.21. The zero-order valence-corrected chi connectivity index (χ0v) is 13.3. The van der Waals surface area contributed by atoms with Crippen molar-refractivity contribution in [1.82, 2.24) is 19.6 Å². The second-order valence-electron chi connectivity index (χ2n) is 5.07. The van der Waals surface area contributed by atoms with Gasteiger partial charge in [0.25, 0.3) is 5.91 Å². The number of anilines is 1. The molecule has 0 aliphatic carbocycles. The van der Waals surface area contributed by atoms with E-state index in [1.807, 2.05) is 0 Å². The number of nitrogens with zero attached hydrogens (tertiary/aromatic N) is 4. The van der Waals surface area contributed by atoms with Crippen LogP contribution in [0.1, 0.15) is 22.6 Å². The summed E-state index contributed by atoms with van der Waals surface area (Å²) < 4.78 is 39.9. The third-order valence-corrected chi connectivity index (χ3v) is 3.50. The van der Waals surface area contributed by atoms with Crippen LogP contribution in [0.15, 0.2) is 42.7 Å². The Hall–Kier alpha value is -2.81. The lowest BCUT2D eigenvalue weighted by Gasteiger charge is -2.02. The molecule has 0 radical (unpaired) electrons. The number of halogens is 4. The fraction of sp³-hybridized carbons (Fsp3) is 0.133. The van der Waals surface area contributed by atoms with Crippen LogP contribution < -0.4 is 5.32 Å². The fourth-order valence-electron chi connectivity index (χ4n) is 2.12. The van der Waals surface area contributed by atoms with Gasteiger partial charge >= 0.3 is 6.55 Å². The Labute approximate surface area is 144 Å². The predicted molar refractivity (Wildman–Crippen MR) is 84.2 cm³/mol. The van der Waals surface area contributed by atoms with E-state index in [1.54, 1.807) is 12.1 Å². The molecule has 2 aromatic heterocycles. The van der Waals surface area contributed by atoms with Crippen molar-refractivity contribution in [3.63, 3.8) is 0 Å². The second kappa shape index (κ2) is 6.98. The maximum atomic E-state index is 13.2. The molecule has 3 aromatic rings. The molecule has 0 aliphatic heterocycles. The van der Waals surface area contributed by atoms with Gasteiger partial charge in [-0.25, -0.2) is 9.07 Å². The number of nitrogens with one attached hydrogen (secondary N) is 1. The molecule has 0 fully saturated rings. The summed E-state index contributed by atoms with van der Waals surface area (Å²) in [6.45, 7) is -2.59. The Morgan fingerprint density at radius 3 is 2.76 bits per heavy atom. The van der Waals surface area contributed by atoms with Gasteiger partial charge in [-0.3, -0.25) is 9.48 Å². The van der Waals surface area contributed by atoms with Gasteiger partial charge in [-0.15, -0.1) is 0 Å². The Bertz CT molecular complexity index is 908. The number of aromatic nitrogens is 4. The molecule has 0 saturated heterocycles. The third-order valence-electron chi connectivity index (χ3n) is 3.22. The first-order valence-electron chi connectivity index (χ1n) is 7.04. The van der Waals surface area contributed by atoms with Crippen molar-refractivity contribution in [2.45, 2.75) is 13.1 Å². The number of hydrogen-bond donors (Lipinski definition) is 1. The van der Waals surface area contributed by atoms with Crippen LogP contribution in [-0.2, 0) is 6.54 Å². The van der Waals surface area contributed by atoms with Crippen molar-refractivity contribution in [1.29, 1.82) is 0 Å². The molecule has 0 atom stereocenters. The van der Waals surface area contributed by atoms with Crippen molar-refractivity contribution in [3.8, 4) is 0 Å². The summed E-state index contributed by atoms with van der Waals surface area (Å²) in [7, 11) is 0. The molecule has 1 N–H and O–H groups in total. The Kier molecular flexibility index (Phi) is 4.75. The number of carbonyl (C=O) groups is 1. The number of rotatable bonds is 5. The highest BCUT2D eigenvalue weighted by molar-refractivity contribution is 6.33. The van der Waals surface area contributed by atoms with E-state index in [1.165, 1.54) is 23.0 Å². The molecule has 130 valence electrons. The van der Waals surface area contributed by atoms with E-state index < -0.39 is 12.5 Å². The quantitative estimate of drug-likeness (QED) is 0.747. The summed E-state index contributed by atoms with van der Waals surface area (Å²) in [5.74, 6) is -1.05. The predicted octanol–water partition coefficient (Wildman–Crippen LogP) is 3.57. The van der Waals surface area contributed by atoms with Gasteiger partial charge in [0.2, 0.25) is 0 Å². The number of benzene rings is 1. The van der Waals surface area contributed by atoms with E-state index in [2.05, 4.69) is 15.5 Å². The molecule has 1 aromatic carbocycles. The third kappa shape index (κ3) is 4.00. The number of hydrogen-bond acceptors (Lipinski definition) is 3. The van der Waals surface area contributed by atoms with Crippen LogP contribution in [0.3, 0.4) is 0 Å². The molecular weight excluding hydrogens is 359 g/mol. The van der Waals surface area contributed by atoms with Crippen molar-refractivity contribution in [2.24, 2.45) is 0 Å². The largest absolute Gasteiger partial charge is 0.333 e. The van der Waals surface area contributed by atoms with Crippen LogP contribution >= 0.6 is 11.6 Å². The number of amides is 1. The van der Waals surface area contributed by atoms with Gasteiger partial charge in [0.05, 0.1) is 6.54 Å². The fourth-order valence-corrected chi connectivity index (χ4v) is 2.32. The standard InChI is InChI=1S/C15H11ClF3N5O/c16-11-8-23(7-9-2-1-3-10(17)6-9)22-13(11)20-14(25)12-4-5-24(21-12)15(18)19/h1-6,8,15H,7H2,(H,20,22,25). The van der Waals surface area contributed by atoms with Crippen LogP contribution in [0.4, 0.5) is 19.0 Å². The topological polar surface area (TPSA) is 64.7 Å². The second-order valence-corrected chi connectivity index (χ2v) is 5.47. The molecule has 10 heteroatoms. The van der Waals surface area contributed by atoms with E-state index in [9.17, 15) is 18.0 Å². The van der Waals surface area contributed by atoms with Crippen LogP contribution in [0, 0.1) is 5.82 Å². The molecule has 0 saturated carbocycles. The summed E-state index contributed by atoms with van der Waals surface area (Å²) in [5.41, 5.74) is 0.462. The van der Waals surface area contributed by atoms with E-state index in [4.69, 9.17) is 11.6 Å². The van der Waals surface area contributed by atoms with Gasteiger partial charge in [0.1, 0.15) is 10.8 Å². The summed E-state index contributed by atoms with van der Waals surface area (Å²) in [6, 6.07) is 7.11. The Morgan fingerprint density at radius 2 is 2.08 bits per heavy atom. The first kappa shape index (κ1) is 17.0. The average Bonchev–Trinajstić information content (AvgIpc) is 3.15. The molecular formula is C15H11ClF3N5O. The first-order valence-corrected chi connectivity index (χ1v) is 7.42. The minimum Gasteiger partial charge on any atom is -0.302 e. The van der Waals surface area contributed by atoms with E-state index >= 15 is 0 Å². The van der Waals surface area contributed by atoms with E-state index in [0.29, 0.717) is 10.2 Å². The van der Waals surface area contributed by atoms with Gasteiger partial charge in [-0.1, -0.05) is 23.7 Å². The van der Waals surface area contributed by atoms with Crippen molar-refractivity contribution in [2.75, 3.05) is 5.32 Å². The lowest BCUT2D eigenvalue weighted by molar-refractivity contribution is 0.0561. The van der Waals surface area contributed by atoms with Gasteiger partial charge in [0, 0.05) is 12.4 Å². The normalized spacial score (nSPS) is 11.1. The van der Waals surface area contributed by atoms with Crippen LogP contribution in [-0.4, -0.2) is 25.5 Å². The van der Waals surface area contributed by atoms with Crippen molar-refractivity contribution < 1.29 is 18.0 Å². The van der Waals surface area contributed by atoms with Gasteiger partial charge < -0.3 is 5.32 Å². The molecule has 0 aliphatic rings. The Balaban J connectivity index is 1.72. The highest BCUT2D eigenvalue weighted by atomic mass is 35.5. The molecule has 0 bridgehead atoms. The van der Waals surface area contributed by atoms with E-state index in [-0.39, 0.29) is 28.9 Å². The molecule has 2 heterocycles. The smallest absolute Gasteiger partial charge is 0.302 e. The lowest BCUT2D eigenvalue weighted by atomic mass is 10.2. The Morgan fingerprint density at radius 1 is 1.28 bits per heavy atom. The summed E-state index contributed by atoms with van der Waals surface area (Å²) in [5, 5.41) is 10.1. The number of carbonyl (C=O) groups excluding carboxylic acids is 1. The monoisotopic (exact) mass is 369 g/mol. The molecule has 1 amide bonds. The van der Waals surface area contributed by atoms with Crippen molar-refractivity contribution in [3.05, 3.63) is 64.8 Å². The van der Waals surface area contributed by atoms with Crippen molar-refractivity contribution >= 4 is 23.3 Å². The van der Waals surface area contributed by atoms with Gasteiger partial charge in [0.15, 0.2) is 11.5 Å². The van der Waals surface area contributed by atoms with Crippen LogP contribution in [0.25, 0.3) is 0 Å². The zero-order chi connectivity index (χ0) is 18.0. The highest BCUT2D eigenvalue weighted by Gasteiger charge is 2.16. The molecule has 3 rings (SSSR count). The molecule has 25 heavy (non-hydrogen) atoms. The zero-order valence-electron chi connectivity index (χ0n) is 12.5. The minimum absolute atomic E-state index is 0.0506. The minimum atomic E-state index is -2.84. The first-order chi connectivity index (χ1) is 11.9. The maximum Gasteiger partial charge on any atom is 0.333 e. The van der Waals surface area contributed by atoms with Gasteiger partial charge in [-0.2, -0.15) is 19.0 Å².